The number of likely N-dealkylation sites (N-methyl/N-ethyl adjacent to an activating group) is 1. The predicted molar refractivity (Wildman–Crippen MR) is 114 cm³/mol. The molecule has 0 aromatic heterocycles. The third-order valence-electron chi connectivity index (χ3n) is 4.10. The molecule has 8 heteroatoms. The van der Waals surface area contributed by atoms with E-state index in [0.717, 1.165) is 5.56 Å². The second kappa shape index (κ2) is 10.8. The number of benzene rings is 2. The highest BCUT2D eigenvalue weighted by molar-refractivity contribution is 5.96. The Hall–Kier alpha value is -3.42. The van der Waals surface area contributed by atoms with Crippen molar-refractivity contribution in [2.24, 2.45) is 4.99 Å². The van der Waals surface area contributed by atoms with Crippen LogP contribution in [0.4, 0.5) is 5.69 Å². The van der Waals surface area contributed by atoms with E-state index in [-0.39, 0.29) is 12.5 Å². The van der Waals surface area contributed by atoms with Gasteiger partial charge in [-0.25, -0.2) is 4.99 Å². The first-order valence-electron chi connectivity index (χ1n) is 9.08. The maximum Gasteiger partial charge on any atom is 0.241 e. The van der Waals surface area contributed by atoms with Crippen molar-refractivity contribution in [3.63, 3.8) is 0 Å². The third-order valence-corrected chi connectivity index (χ3v) is 4.10. The van der Waals surface area contributed by atoms with Gasteiger partial charge in [-0.3, -0.25) is 4.79 Å². The summed E-state index contributed by atoms with van der Waals surface area (Å²) in [6.07, 6.45) is 0. The monoisotopic (exact) mass is 400 g/mol. The normalized spacial score (nSPS) is 10.9. The number of carbonyl (C=O) groups excluding carboxylic acids is 1. The molecule has 2 aromatic carbocycles. The van der Waals surface area contributed by atoms with Crippen molar-refractivity contribution >= 4 is 17.6 Å². The largest absolute Gasteiger partial charge is 0.493 e. The first kappa shape index (κ1) is 21.9. The molecule has 2 N–H and O–H groups in total. The summed E-state index contributed by atoms with van der Waals surface area (Å²) in [7, 11) is 8.07. The van der Waals surface area contributed by atoms with Crippen LogP contribution in [0.5, 0.6) is 17.2 Å². The van der Waals surface area contributed by atoms with E-state index < -0.39 is 0 Å². The Morgan fingerprint density at radius 3 is 2.14 bits per heavy atom. The zero-order valence-electron chi connectivity index (χ0n) is 17.5. The SMILES string of the molecule is COc1cc(NC(=NCc2ccccc2)NCC(=O)N(C)C)cc(OC)c1OC. The molecule has 0 atom stereocenters. The lowest BCUT2D eigenvalue weighted by Gasteiger charge is -2.17. The average Bonchev–Trinajstić information content (AvgIpc) is 2.75. The summed E-state index contributed by atoms with van der Waals surface area (Å²) in [5.74, 6) is 1.92. The van der Waals surface area contributed by atoms with Gasteiger partial charge >= 0.3 is 0 Å². The molecule has 0 spiro atoms. The standard InChI is InChI=1S/C21H28N4O4/c1-25(2)19(26)14-23-21(22-13-15-9-7-6-8-10-15)24-16-11-17(27-3)20(29-5)18(12-16)28-4/h6-12H,13-14H2,1-5H3,(H2,22,23,24). The number of nitrogens with zero attached hydrogens (tertiary/aromatic N) is 2. The van der Waals surface area contributed by atoms with Gasteiger partial charge < -0.3 is 29.7 Å². The van der Waals surface area contributed by atoms with Gasteiger partial charge in [-0.05, 0) is 5.56 Å². The molecule has 0 heterocycles. The molecule has 0 radical (unpaired) electrons. The molecule has 8 nitrogen and oxygen atoms in total. The minimum absolute atomic E-state index is 0.0656. The Balaban J connectivity index is 2.27. The molecule has 0 fully saturated rings. The molecular weight excluding hydrogens is 372 g/mol. The van der Waals surface area contributed by atoms with Crippen LogP contribution in [0.2, 0.25) is 0 Å². The van der Waals surface area contributed by atoms with Crippen molar-refractivity contribution in [2.75, 3.05) is 47.3 Å². The molecule has 0 bridgehead atoms. The van der Waals surface area contributed by atoms with Crippen LogP contribution in [-0.4, -0.2) is 58.7 Å². The summed E-state index contributed by atoms with van der Waals surface area (Å²) >= 11 is 0. The van der Waals surface area contributed by atoms with E-state index in [1.54, 1.807) is 47.6 Å². The van der Waals surface area contributed by atoms with Gasteiger partial charge in [0.1, 0.15) is 0 Å². The molecule has 29 heavy (non-hydrogen) atoms. The van der Waals surface area contributed by atoms with E-state index in [2.05, 4.69) is 15.6 Å². The van der Waals surface area contributed by atoms with Crippen molar-refractivity contribution in [2.45, 2.75) is 6.54 Å². The number of guanidine groups is 1. The molecule has 156 valence electrons. The van der Waals surface area contributed by atoms with Crippen LogP contribution in [0, 0.1) is 0 Å². The minimum Gasteiger partial charge on any atom is -0.493 e. The molecule has 1 amide bonds. The van der Waals surface area contributed by atoms with Gasteiger partial charge in [0.2, 0.25) is 11.7 Å². The summed E-state index contributed by atoms with van der Waals surface area (Å²) < 4.78 is 16.1. The van der Waals surface area contributed by atoms with E-state index in [1.165, 1.54) is 4.90 Å². The van der Waals surface area contributed by atoms with E-state index in [1.807, 2.05) is 30.3 Å². The number of rotatable bonds is 8. The van der Waals surface area contributed by atoms with E-state index in [4.69, 9.17) is 14.2 Å². The number of carbonyl (C=O) groups is 1. The van der Waals surface area contributed by atoms with Gasteiger partial charge in [-0.15, -0.1) is 0 Å². The molecule has 0 saturated heterocycles. The van der Waals surface area contributed by atoms with Crippen LogP contribution in [0.3, 0.4) is 0 Å². The smallest absolute Gasteiger partial charge is 0.241 e. The Morgan fingerprint density at radius 2 is 1.62 bits per heavy atom. The summed E-state index contributed by atoms with van der Waals surface area (Å²) in [6.45, 7) is 0.564. The van der Waals surface area contributed by atoms with Crippen LogP contribution in [-0.2, 0) is 11.3 Å². The fourth-order valence-corrected chi connectivity index (χ4v) is 2.50. The average molecular weight is 400 g/mol. The molecule has 0 aliphatic carbocycles. The van der Waals surface area contributed by atoms with Crippen LogP contribution in [0.15, 0.2) is 47.5 Å². The van der Waals surface area contributed by atoms with Crippen LogP contribution < -0.4 is 24.8 Å². The highest BCUT2D eigenvalue weighted by Crippen LogP contribution is 2.39. The van der Waals surface area contributed by atoms with Crippen LogP contribution in [0.1, 0.15) is 5.56 Å². The number of methoxy groups -OCH3 is 3. The Labute approximate surface area is 171 Å². The van der Waals surface area contributed by atoms with E-state index >= 15 is 0 Å². The second-order valence-corrected chi connectivity index (χ2v) is 6.33. The Bertz CT molecular complexity index is 813. The lowest BCUT2D eigenvalue weighted by atomic mass is 10.2. The number of hydrogen-bond acceptors (Lipinski definition) is 5. The van der Waals surface area contributed by atoms with E-state index in [0.29, 0.717) is 35.4 Å². The molecule has 2 rings (SSSR count). The van der Waals surface area contributed by atoms with Crippen LogP contribution >= 0.6 is 0 Å². The maximum atomic E-state index is 12.0. The zero-order valence-corrected chi connectivity index (χ0v) is 17.5. The van der Waals surface area contributed by atoms with Gasteiger partial charge in [0.15, 0.2) is 17.5 Å². The summed E-state index contributed by atoms with van der Waals surface area (Å²) in [6, 6.07) is 13.4. The van der Waals surface area contributed by atoms with Crippen molar-refractivity contribution in [3.05, 3.63) is 48.0 Å². The van der Waals surface area contributed by atoms with Crippen molar-refractivity contribution in [1.29, 1.82) is 0 Å². The molecule has 0 unspecified atom stereocenters. The number of ether oxygens (including phenoxy) is 3. The molecular formula is C21H28N4O4. The Kier molecular flexibility index (Phi) is 8.14. The molecule has 0 aliphatic heterocycles. The maximum absolute atomic E-state index is 12.0. The first-order chi connectivity index (χ1) is 14.0. The van der Waals surface area contributed by atoms with Gasteiger partial charge in [-0.2, -0.15) is 0 Å². The van der Waals surface area contributed by atoms with Crippen molar-refractivity contribution in [1.82, 2.24) is 10.2 Å². The summed E-state index contributed by atoms with van der Waals surface area (Å²) in [4.78, 5) is 18.1. The van der Waals surface area contributed by atoms with Crippen molar-refractivity contribution < 1.29 is 19.0 Å². The minimum atomic E-state index is -0.0656. The number of amides is 1. The van der Waals surface area contributed by atoms with Gasteiger partial charge in [0.25, 0.3) is 0 Å². The summed E-state index contributed by atoms with van der Waals surface area (Å²) in [5, 5.41) is 6.25. The summed E-state index contributed by atoms with van der Waals surface area (Å²) in [5.41, 5.74) is 1.73. The van der Waals surface area contributed by atoms with E-state index in [9.17, 15) is 4.79 Å². The first-order valence-corrected chi connectivity index (χ1v) is 9.08. The molecule has 2 aromatic rings. The highest BCUT2D eigenvalue weighted by atomic mass is 16.5. The molecule has 0 aliphatic rings. The number of anilines is 1. The number of nitrogens with one attached hydrogen (secondary N) is 2. The number of hydrogen-bond donors (Lipinski definition) is 2. The fourth-order valence-electron chi connectivity index (χ4n) is 2.50. The van der Waals surface area contributed by atoms with Crippen molar-refractivity contribution in [3.8, 4) is 17.2 Å². The topological polar surface area (TPSA) is 84.4 Å². The molecule has 0 saturated carbocycles. The fraction of sp³-hybridized carbons (Fsp3) is 0.333. The third kappa shape index (κ3) is 6.31. The van der Waals surface area contributed by atoms with Gasteiger partial charge in [0.05, 0.1) is 34.4 Å². The Morgan fingerprint density at radius 1 is 1.00 bits per heavy atom. The zero-order chi connectivity index (χ0) is 21.2. The quantitative estimate of drug-likeness (QED) is 0.523. The predicted octanol–water partition coefficient (Wildman–Crippen LogP) is 2.36. The second-order valence-electron chi connectivity index (χ2n) is 6.33. The number of aliphatic imine (C=N–C) groups is 1. The highest BCUT2D eigenvalue weighted by Gasteiger charge is 2.14. The lowest BCUT2D eigenvalue weighted by molar-refractivity contribution is -0.127. The van der Waals surface area contributed by atoms with Gasteiger partial charge in [-0.1, -0.05) is 30.3 Å². The van der Waals surface area contributed by atoms with Crippen LogP contribution in [0.25, 0.3) is 0 Å². The van der Waals surface area contributed by atoms with Gasteiger partial charge in [0, 0.05) is 31.9 Å². The lowest BCUT2D eigenvalue weighted by Crippen LogP contribution is -2.39.